The highest BCUT2D eigenvalue weighted by Crippen LogP contribution is 2.35. The van der Waals surface area contributed by atoms with Gasteiger partial charge in [-0.3, -0.25) is 0 Å². The molecule has 14 heavy (non-hydrogen) atoms. The lowest BCUT2D eigenvalue weighted by molar-refractivity contribution is -0.148. The summed E-state index contributed by atoms with van der Waals surface area (Å²) in [6, 6.07) is 8.28. The topological polar surface area (TPSA) is 18.5 Å². The van der Waals surface area contributed by atoms with Crippen molar-refractivity contribution in [1.82, 2.24) is 0 Å². The quantitative estimate of drug-likeness (QED) is 0.625. The van der Waals surface area contributed by atoms with Crippen LogP contribution in [-0.2, 0) is 11.2 Å². The second-order valence-corrected chi connectivity index (χ2v) is 4.07. The molecule has 2 atom stereocenters. The van der Waals surface area contributed by atoms with Crippen molar-refractivity contribution in [3.05, 3.63) is 29.8 Å². The number of rotatable bonds is 0. The predicted molar refractivity (Wildman–Crippen MR) is 53.2 cm³/mol. The van der Waals surface area contributed by atoms with Crippen LogP contribution in [0.25, 0.3) is 0 Å². The molecular formula is C12H14O2. The lowest BCUT2D eigenvalue weighted by Crippen LogP contribution is -2.38. The van der Waals surface area contributed by atoms with Crippen LogP contribution >= 0.6 is 0 Å². The van der Waals surface area contributed by atoms with E-state index < -0.39 is 0 Å². The number of fused-ring (bicyclic) bond motifs is 2. The van der Waals surface area contributed by atoms with Crippen molar-refractivity contribution in [1.29, 1.82) is 0 Å². The Hall–Kier alpha value is -1.02. The van der Waals surface area contributed by atoms with Crippen LogP contribution in [0, 0.1) is 5.92 Å². The highest BCUT2D eigenvalue weighted by atomic mass is 16.7. The summed E-state index contributed by atoms with van der Waals surface area (Å²) in [6.07, 6.45) is 3.53. The van der Waals surface area contributed by atoms with Gasteiger partial charge in [-0.05, 0) is 30.9 Å². The Kier molecular flexibility index (Phi) is 1.95. The van der Waals surface area contributed by atoms with Crippen LogP contribution in [0.5, 0.6) is 5.75 Å². The second kappa shape index (κ2) is 3.28. The smallest absolute Gasteiger partial charge is 0.202 e. The zero-order chi connectivity index (χ0) is 9.38. The molecule has 2 aliphatic heterocycles. The highest BCUT2D eigenvalue weighted by Gasteiger charge is 2.32. The van der Waals surface area contributed by atoms with Gasteiger partial charge in [0.25, 0.3) is 0 Å². The summed E-state index contributed by atoms with van der Waals surface area (Å²) >= 11 is 0. The van der Waals surface area contributed by atoms with E-state index in [0.717, 1.165) is 18.8 Å². The summed E-state index contributed by atoms with van der Waals surface area (Å²) in [6.45, 7) is 0.851. The molecule has 0 saturated carbocycles. The van der Waals surface area contributed by atoms with Gasteiger partial charge in [-0.2, -0.15) is 0 Å². The van der Waals surface area contributed by atoms with Gasteiger partial charge in [0, 0.05) is 5.92 Å². The van der Waals surface area contributed by atoms with Gasteiger partial charge in [0.2, 0.25) is 6.29 Å². The Labute approximate surface area is 83.8 Å². The lowest BCUT2D eigenvalue weighted by Gasteiger charge is -2.36. The van der Waals surface area contributed by atoms with Crippen molar-refractivity contribution in [2.45, 2.75) is 25.6 Å². The van der Waals surface area contributed by atoms with Crippen molar-refractivity contribution in [2.75, 3.05) is 6.61 Å². The molecule has 2 nitrogen and oxygen atoms in total. The first-order chi connectivity index (χ1) is 6.93. The summed E-state index contributed by atoms with van der Waals surface area (Å²) in [5, 5.41) is 0. The van der Waals surface area contributed by atoms with E-state index in [9.17, 15) is 0 Å². The third kappa shape index (κ3) is 1.30. The minimum atomic E-state index is 0.0126. The molecule has 2 heteroatoms. The molecule has 2 heterocycles. The zero-order valence-electron chi connectivity index (χ0n) is 8.11. The van der Waals surface area contributed by atoms with Gasteiger partial charge in [-0.25, -0.2) is 0 Å². The van der Waals surface area contributed by atoms with Crippen molar-refractivity contribution in [3.8, 4) is 5.75 Å². The Balaban J connectivity index is 1.91. The molecule has 0 aromatic heterocycles. The Morgan fingerprint density at radius 2 is 2.14 bits per heavy atom. The Bertz CT molecular complexity index is 302. The largest absolute Gasteiger partial charge is 0.464 e. The first-order valence-electron chi connectivity index (χ1n) is 5.29. The third-order valence-corrected chi connectivity index (χ3v) is 3.08. The first kappa shape index (κ1) is 8.30. The van der Waals surface area contributed by atoms with Gasteiger partial charge >= 0.3 is 0 Å². The summed E-state index contributed by atoms with van der Waals surface area (Å²) in [4.78, 5) is 0. The molecule has 0 bridgehead atoms. The molecule has 2 aliphatic rings. The maximum absolute atomic E-state index is 5.81. The fourth-order valence-corrected chi connectivity index (χ4v) is 2.34. The molecule has 3 rings (SSSR count). The summed E-state index contributed by atoms with van der Waals surface area (Å²) in [5.74, 6) is 1.58. The van der Waals surface area contributed by atoms with Gasteiger partial charge < -0.3 is 9.47 Å². The molecule has 0 amide bonds. The predicted octanol–water partition coefficient (Wildman–Crippen LogP) is 2.37. The van der Waals surface area contributed by atoms with Gasteiger partial charge in [0.1, 0.15) is 5.75 Å². The van der Waals surface area contributed by atoms with E-state index in [1.54, 1.807) is 0 Å². The standard InChI is InChI=1S/C12H14O2/c1-2-6-11-9(4-1)8-10-5-3-7-13-12(10)14-11/h1-2,4,6,10,12H,3,5,7-8H2/t10-,12+/m0/s1. The Morgan fingerprint density at radius 3 is 3.14 bits per heavy atom. The van der Waals surface area contributed by atoms with Gasteiger partial charge in [0.15, 0.2) is 0 Å². The fourth-order valence-electron chi connectivity index (χ4n) is 2.34. The van der Waals surface area contributed by atoms with Crippen molar-refractivity contribution in [3.63, 3.8) is 0 Å². The van der Waals surface area contributed by atoms with E-state index >= 15 is 0 Å². The van der Waals surface area contributed by atoms with Crippen LogP contribution in [0.4, 0.5) is 0 Å². The fraction of sp³-hybridized carbons (Fsp3) is 0.500. The van der Waals surface area contributed by atoms with E-state index in [1.165, 1.54) is 18.4 Å². The average molecular weight is 190 g/mol. The van der Waals surface area contributed by atoms with Crippen LogP contribution in [0.1, 0.15) is 18.4 Å². The average Bonchev–Trinajstić information content (AvgIpc) is 2.26. The molecule has 1 saturated heterocycles. The minimum absolute atomic E-state index is 0.0126. The molecule has 0 spiro atoms. The molecule has 0 N–H and O–H groups in total. The minimum Gasteiger partial charge on any atom is -0.464 e. The molecular weight excluding hydrogens is 176 g/mol. The maximum Gasteiger partial charge on any atom is 0.202 e. The monoisotopic (exact) mass is 190 g/mol. The first-order valence-corrected chi connectivity index (χ1v) is 5.29. The summed E-state index contributed by atoms with van der Waals surface area (Å²) in [5.41, 5.74) is 1.33. The normalized spacial score (nSPS) is 30.0. The van der Waals surface area contributed by atoms with Crippen LogP contribution < -0.4 is 4.74 Å². The molecule has 1 fully saturated rings. The van der Waals surface area contributed by atoms with Crippen molar-refractivity contribution < 1.29 is 9.47 Å². The number of benzene rings is 1. The SMILES string of the molecule is c1ccc2c(c1)C[C@@H]1CCCO[C@@H]1O2. The van der Waals surface area contributed by atoms with Crippen LogP contribution in [0.3, 0.4) is 0 Å². The van der Waals surface area contributed by atoms with Gasteiger partial charge in [-0.15, -0.1) is 0 Å². The van der Waals surface area contributed by atoms with E-state index in [2.05, 4.69) is 12.1 Å². The molecule has 1 aromatic rings. The molecule has 74 valence electrons. The molecule has 1 aromatic carbocycles. The molecule has 0 aliphatic carbocycles. The van der Waals surface area contributed by atoms with E-state index in [-0.39, 0.29) is 6.29 Å². The van der Waals surface area contributed by atoms with Crippen LogP contribution in [0.15, 0.2) is 24.3 Å². The number of hydrogen-bond acceptors (Lipinski definition) is 2. The molecule has 0 unspecified atom stereocenters. The third-order valence-electron chi connectivity index (χ3n) is 3.08. The highest BCUT2D eigenvalue weighted by molar-refractivity contribution is 5.35. The van der Waals surface area contributed by atoms with Crippen molar-refractivity contribution >= 4 is 0 Å². The van der Waals surface area contributed by atoms with Crippen LogP contribution in [0.2, 0.25) is 0 Å². The summed E-state index contributed by atoms with van der Waals surface area (Å²) < 4.78 is 11.4. The van der Waals surface area contributed by atoms with Crippen LogP contribution in [-0.4, -0.2) is 12.9 Å². The number of para-hydroxylation sites is 1. The van der Waals surface area contributed by atoms with E-state index in [0.29, 0.717) is 5.92 Å². The molecule has 0 radical (unpaired) electrons. The van der Waals surface area contributed by atoms with E-state index in [4.69, 9.17) is 9.47 Å². The maximum atomic E-state index is 5.81. The van der Waals surface area contributed by atoms with Crippen molar-refractivity contribution in [2.24, 2.45) is 5.92 Å². The zero-order valence-corrected chi connectivity index (χ0v) is 8.11. The Morgan fingerprint density at radius 1 is 1.21 bits per heavy atom. The van der Waals surface area contributed by atoms with Gasteiger partial charge in [0.05, 0.1) is 6.61 Å². The number of hydrogen-bond donors (Lipinski definition) is 0. The van der Waals surface area contributed by atoms with E-state index in [1.807, 2.05) is 12.1 Å². The lowest BCUT2D eigenvalue weighted by atomic mass is 9.90. The number of ether oxygens (including phenoxy) is 2. The second-order valence-electron chi connectivity index (χ2n) is 4.07. The summed E-state index contributed by atoms with van der Waals surface area (Å²) in [7, 11) is 0. The van der Waals surface area contributed by atoms with Gasteiger partial charge in [-0.1, -0.05) is 18.2 Å².